The number of carbonyl (C=O) groups excluding carboxylic acids is 2. The van der Waals surface area contributed by atoms with E-state index in [-0.39, 0.29) is 30.7 Å². The zero-order chi connectivity index (χ0) is 18.2. The van der Waals surface area contributed by atoms with Crippen LogP contribution < -0.4 is 20.1 Å². The smallest absolute Gasteiger partial charge is 0.251 e. The molecule has 2 aromatic rings. The number of phenols is 1. The molecule has 0 spiro atoms. The molecule has 7 heteroatoms. The van der Waals surface area contributed by atoms with Gasteiger partial charge in [0.2, 0.25) is 5.91 Å². The Morgan fingerprint density at radius 1 is 0.960 bits per heavy atom. The maximum atomic E-state index is 12.0. The van der Waals surface area contributed by atoms with Crippen LogP contribution in [-0.2, 0) is 11.3 Å². The zero-order valence-electron chi connectivity index (χ0n) is 14.0. The SMILES string of the molecule is COc1ccc(C(=O)NCC(=O)NCc2cc(OC)ccc2O)cc1. The van der Waals surface area contributed by atoms with Gasteiger partial charge in [0.05, 0.1) is 20.8 Å². The second kappa shape index (κ2) is 8.58. The number of benzene rings is 2. The highest BCUT2D eigenvalue weighted by atomic mass is 16.5. The monoisotopic (exact) mass is 344 g/mol. The van der Waals surface area contributed by atoms with Crippen LogP contribution in [0.25, 0.3) is 0 Å². The molecule has 132 valence electrons. The molecular weight excluding hydrogens is 324 g/mol. The van der Waals surface area contributed by atoms with Gasteiger partial charge in [-0.2, -0.15) is 0 Å². The van der Waals surface area contributed by atoms with Crippen molar-refractivity contribution in [2.75, 3.05) is 20.8 Å². The summed E-state index contributed by atoms with van der Waals surface area (Å²) in [6.45, 7) is -0.0458. The third kappa shape index (κ3) is 5.13. The predicted octanol–water partition coefficient (Wildman–Crippen LogP) is 1.46. The van der Waals surface area contributed by atoms with Crippen molar-refractivity contribution >= 4 is 11.8 Å². The number of carbonyl (C=O) groups is 2. The van der Waals surface area contributed by atoms with Crippen LogP contribution >= 0.6 is 0 Å². The van der Waals surface area contributed by atoms with Crippen LogP contribution in [0.4, 0.5) is 0 Å². The van der Waals surface area contributed by atoms with E-state index in [2.05, 4.69) is 10.6 Å². The fourth-order valence-electron chi connectivity index (χ4n) is 2.09. The van der Waals surface area contributed by atoms with Crippen LogP contribution in [0, 0.1) is 0 Å². The van der Waals surface area contributed by atoms with Crippen LogP contribution in [-0.4, -0.2) is 37.7 Å². The van der Waals surface area contributed by atoms with Gasteiger partial charge in [0.25, 0.3) is 5.91 Å². The lowest BCUT2D eigenvalue weighted by atomic mass is 10.2. The van der Waals surface area contributed by atoms with Gasteiger partial charge >= 0.3 is 0 Å². The first-order valence-corrected chi connectivity index (χ1v) is 7.58. The number of nitrogens with one attached hydrogen (secondary N) is 2. The number of aromatic hydroxyl groups is 1. The molecule has 2 rings (SSSR count). The molecule has 0 bridgehead atoms. The minimum atomic E-state index is -0.371. The van der Waals surface area contributed by atoms with Crippen molar-refractivity contribution in [3.8, 4) is 17.2 Å². The van der Waals surface area contributed by atoms with E-state index in [1.165, 1.54) is 13.2 Å². The molecule has 0 fully saturated rings. The van der Waals surface area contributed by atoms with Gasteiger partial charge in [-0.1, -0.05) is 0 Å². The Kier molecular flexibility index (Phi) is 6.22. The van der Waals surface area contributed by atoms with E-state index < -0.39 is 0 Å². The number of hydrogen-bond donors (Lipinski definition) is 3. The maximum absolute atomic E-state index is 12.0. The molecule has 0 unspecified atom stereocenters. The number of hydrogen-bond acceptors (Lipinski definition) is 5. The molecule has 2 aromatic carbocycles. The lowest BCUT2D eigenvalue weighted by molar-refractivity contribution is -0.120. The first kappa shape index (κ1) is 18.1. The Morgan fingerprint density at radius 2 is 1.60 bits per heavy atom. The van der Waals surface area contributed by atoms with E-state index in [1.807, 2.05) is 0 Å². The van der Waals surface area contributed by atoms with E-state index in [4.69, 9.17) is 9.47 Å². The maximum Gasteiger partial charge on any atom is 0.251 e. The average Bonchev–Trinajstić information content (AvgIpc) is 2.65. The molecule has 0 saturated carbocycles. The highest BCUT2D eigenvalue weighted by molar-refractivity contribution is 5.96. The van der Waals surface area contributed by atoms with Crippen molar-refractivity contribution < 1.29 is 24.2 Å². The third-order valence-corrected chi connectivity index (χ3v) is 3.52. The number of phenolic OH excluding ortho intramolecular Hbond substituents is 1. The molecule has 0 atom stereocenters. The van der Waals surface area contributed by atoms with Crippen molar-refractivity contribution in [3.05, 3.63) is 53.6 Å². The molecule has 0 aliphatic carbocycles. The van der Waals surface area contributed by atoms with Crippen molar-refractivity contribution in [2.45, 2.75) is 6.54 Å². The molecule has 2 amide bonds. The highest BCUT2D eigenvalue weighted by Crippen LogP contribution is 2.22. The van der Waals surface area contributed by atoms with Crippen molar-refractivity contribution in [3.63, 3.8) is 0 Å². The average molecular weight is 344 g/mol. The molecule has 0 radical (unpaired) electrons. The van der Waals surface area contributed by atoms with E-state index in [0.717, 1.165) is 0 Å². The summed E-state index contributed by atoms with van der Waals surface area (Å²) in [5, 5.41) is 14.9. The van der Waals surface area contributed by atoms with E-state index in [9.17, 15) is 14.7 Å². The Labute approximate surface area is 145 Å². The number of rotatable bonds is 7. The standard InChI is InChI=1S/C18H20N2O5/c1-24-14-5-3-12(4-6-14)18(23)20-11-17(22)19-10-13-9-15(25-2)7-8-16(13)21/h3-9,21H,10-11H2,1-2H3,(H,19,22)(H,20,23). The largest absolute Gasteiger partial charge is 0.508 e. The molecule has 0 heterocycles. The van der Waals surface area contributed by atoms with Crippen LogP contribution in [0.2, 0.25) is 0 Å². The Hall–Kier alpha value is -3.22. The molecule has 0 aromatic heterocycles. The van der Waals surface area contributed by atoms with Gasteiger partial charge in [0.1, 0.15) is 17.2 Å². The number of ether oxygens (including phenoxy) is 2. The minimum absolute atomic E-state index is 0.0587. The van der Waals surface area contributed by atoms with Gasteiger partial charge in [-0.15, -0.1) is 0 Å². The summed E-state index contributed by atoms with van der Waals surface area (Å²) in [5.74, 6) is 0.553. The summed E-state index contributed by atoms with van der Waals surface area (Å²) in [6, 6.07) is 11.3. The molecule has 0 aliphatic rings. The number of amides is 2. The topological polar surface area (TPSA) is 96.9 Å². The van der Waals surface area contributed by atoms with Crippen molar-refractivity contribution in [2.24, 2.45) is 0 Å². The lowest BCUT2D eigenvalue weighted by Crippen LogP contribution is -2.36. The Morgan fingerprint density at radius 3 is 2.24 bits per heavy atom. The summed E-state index contributed by atoms with van der Waals surface area (Å²) in [6.07, 6.45) is 0. The molecular formula is C18H20N2O5. The second-order valence-corrected chi connectivity index (χ2v) is 5.18. The second-order valence-electron chi connectivity index (χ2n) is 5.18. The van der Waals surface area contributed by atoms with Crippen molar-refractivity contribution in [1.29, 1.82) is 0 Å². The fraction of sp³-hybridized carbons (Fsp3) is 0.222. The van der Waals surface area contributed by atoms with Crippen LogP contribution in [0.3, 0.4) is 0 Å². The van der Waals surface area contributed by atoms with E-state index in [1.54, 1.807) is 43.5 Å². The molecule has 7 nitrogen and oxygen atoms in total. The predicted molar refractivity (Wildman–Crippen MR) is 91.8 cm³/mol. The summed E-state index contributed by atoms with van der Waals surface area (Å²) in [7, 11) is 3.06. The van der Waals surface area contributed by atoms with Gasteiger partial charge in [-0.25, -0.2) is 0 Å². The van der Waals surface area contributed by atoms with Crippen molar-refractivity contribution in [1.82, 2.24) is 10.6 Å². The first-order valence-electron chi connectivity index (χ1n) is 7.58. The molecule has 0 saturated heterocycles. The Bertz CT molecular complexity index is 744. The van der Waals surface area contributed by atoms with E-state index in [0.29, 0.717) is 22.6 Å². The molecule has 25 heavy (non-hydrogen) atoms. The first-order chi connectivity index (χ1) is 12.0. The van der Waals surface area contributed by atoms with Gasteiger partial charge in [-0.3, -0.25) is 9.59 Å². The van der Waals surface area contributed by atoms with Gasteiger partial charge in [-0.05, 0) is 42.5 Å². The zero-order valence-corrected chi connectivity index (χ0v) is 14.0. The quantitative estimate of drug-likeness (QED) is 0.706. The minimum Gasteiger partial charge on any atom is -0.508 e. The summed E-state index contributed by atoms with van der Waals surface area (Å²) < 4.78 is 10.1. The Balaban J connectivity index is 1.83. The summed E-state index contributed by atoms with van der Waals surface area (Å²) in [4.78, 5) is 23.8. The van der Waals surface area contributed by atoms with E-state index >= 15 is 0 Å². The van der Waals surface area contributed by atoms with Gasteiger partial charge in [0.15, 0.2) is 0 Å². The van der Waals surface area contributed by atoms with Crippen LogP contribution in [0.5, 0.6) is 17.2 Å². The third-order valence-electron chi connectivity index (χ3n) is 3.52. The van der Waals surface area contributed by atoms with Crippen LogP contribution in [0.15, 0.2) is 42.5 Å². The van der Waals surface area contributed by atoms with Crippen LogP contribution in [0.1, 0.15) is 15.9 Å². The van der Waals surface area contributed by atoms with Gasteiger partial charge < -0.3 is 25.2 Å². The fourth-order valence-corrected chi connectivity index (χ4v) is 2.09. The lowest BCUT2D eigenvalue weighted by Gasteiger charge is -2.10. The number of methoxy groups -OCH3 is 2. The summed E-state index contributed by atoms with van der Waals surface area (Å²) >= 11 is 0. The van der Waals surface area contributed by atoms with Gasteiger partial charge in [0, 0.05) is 17.7 Å². The normalized spacial score (nSPS) is 10.0. The highest BCUT2D eigenvalue weighted by Gasteiger charge is 2.09. The summed E-state index contributed by atoms with van der Waals surface area (Å²) in [5.41, 5.74) is 0.952. The molecule has 0 aliphatic heterocycles. The molecule has 3 N–H and O–H groups in total.